The molecule has 17 heavy (non-hydrogen) atoms. The van der Waals surface area contributed by atoms with Crippen molar-refractivity contribution in [3.63, 3.8) is 0 Å². The Balaban J connectivity index is 2.05. The Morgan fingerprint density at radius 1 is 1.00 bits per heavy atom. The highest BCUT2D eigenvalue weighted by Crippen LogP contribution is 2.15. The van der Waals surface area contributed by atoms with Crippen molar-refractivity contribution in [3.8, 4) is 0 Å². The molecule has 0 radical (unpaired) electrons. The Hall–Kier alpha value is -2.00. The number of nitrogens with two attached hydrogens (primary N) is 2. The van der Waals surface area contributed by atoms with Gasteiger partial charge in [0.15, 0.2) is 0 Å². The van der Waals surface area contributed by atoms with Gasteiger partial charge in [-0.25, -0.2) is 0 Å². The summed E-state index contributed by atoms with van der Waals surface area (Å²) in [5.74, 6) is 0. The van der Waals surface area contributed by atoms with Gasteiger partial charge in [0.1, 0.15) is 0 Å². The normalized spacial score (nSPS) is 10.2. The summed E-state index contributed by atoms with van der Waals surface area (Å²) in [7, 11) is 0. The fraction of sp³-hybridized carbons (Fsp3) is 0.143. The van der Waals surface area contributed by atoms with Gasteiger partial charge in [-0.2, -0.15) is 0 Å². The van der Waals surface area contributed by atoms with E-state index in [4.69, 9.17) is 11.5 Å². The van der Waals surface area contributed by atoms with Gasteiger partial charge in [0, 0.05) is 24.5 Å². The van der Waals surface area contributed by atoms with Crippen LogP contribution in [-0.4, -0.2) is 0 Å². The molecule has 0 amide bonds. The molecule has 5 N–H and O–H groups in total. The summed E-state index contributed by atoms with van der Waals surface area (Å²) in [6.45, 7) is 1.28. The minimum absolute atomic E-state index is 0.559. The molecule has 0 aliphatic carbocycles. The maximum atomic E-state index is 5.88. The SMILES string of the molecule is NCc1cccc(NCc2ccccc2N)c1. The molecule has 2 aromatic carbocycles. The number of anilines is 2. The molecule has 3 heteroatoms. The van der Waals surface area contributed by atoms with E-state index in [1.54, 1.807) is 0 Å². The molecule has 0 fully saturated rings. The van der Waals surface area contributed by atoms with Crippen LogP contribution in [-0.2, 0) is 13.1 Å². The Bertz CT molecular complexity index is 494. The second kappa shape index (κ2) is 5.37. The highest BCUT2D eigenvalue weighted by Gasteiger charge is 1.98. The smallest absolute Gasteiger partial charge is 0.0421 e. The van der Waals surface area contributed by atoms with Crippen molar-refractivity contribution < 1.29 is 0 Å². The molecule has 2 rings (SSSR count). The van der Waals surface area contributed by atoms with Crippen LogP contribution >= 0.6 is 0 Å². The molecule has 0 aliphatic rings. The van der Waals surface area contributed by atoms with Gasteiger partial charge in [-0.1, -0.05) is 30.3 Å². The molecule has 0 aliphatic heterocycles. The zero-order valence-corrected chi connectivity index (χ0v) is 9.69. The van der Waals surface area contributed by atoms with E-state index in [0.29, 0.717) is 6.54 Å². The van der Waals surface area contributed by atoms with Gasteiger partial charge in [-0.15, -0.1) is 0 Å². The third-order valence-electron chi connectivity index (χ3n) is 2.70. The Labute approximate surface area is 101 Å². The number of rotatable bonds is 4. The van der Waals surface area contributed by atoms with E-state index < -0.39 is 0 Å². The van der Waals surface area contributed by atoms with Gasteiger partial charge in [0.2, 0.25) is 0 Å². The molecule has 88 valence electrons. The lowest BCUT2D eigenvalue weighted by molar-refractivity contribution is 1.07. The van der Waals surface area contributed by atoms with Crippen LogP contribution in [0.4, 0.5) is 11.4 Å². The summed E-state index contributed by atoms with van der Waals surface area (Å²) in [5.41, 5.74) is 15.6. The first-order valence-corrected chi connectivity index (χ1v) is 5.66. The van der Waals surface area contributed by atoms with Gasteiger partial charge in [0.05, 0.1) is 0 Å². The van der Waals surface area contributed by atoms with E-state index >= 15 is 0 Å². The van der Waals surface area contributed by atoms with Crippen molar-refractivity contribution in [3.05, 3.63) is 59.7 Å². The standard InChI is InChI=1S/C14H17N3/c15-9-11-4-3-6-13(8-11)17-10-12-5-1-2-7-14(12)16/h1-8,17H,9-10,15-16H2. The van der Waals surface area contributed by atoms with Crippen molar-refractivity contribution in [2.45, 2.75) is 13.1 Å². The first kappa shape index (κ1) is 11.5. The van der Waals surface area contributed by atoms with E-state index in [9.17, 15) is 0 Å². The molecular formula is C14H17N3. The van der Waals surface area contributed by atoms with Crippen LogP contribution in [0.3, 0.4) is 0 Å². The average Bonchev–Trinajstić information content (AvgIpc) is 2.38. The Kier molecular flexibility index (Phi) is 3.62. The number of para-hydroxylation sites is 1. The molecule has 0 unspecified atom stereocenters. The molecule has 0 aromatic heterocycles. The van der Waals surface area contributed by atoms with Crippen LogP contribution in [0.15, 0.2) is 48.5 Å². The van der Waals surface area contributed by atoms with Crippen LogP contribution in [0.1, 0.15) is 11.1 Å². The second-order valence-electron chi connectivity index (χ2n) is 3.96. The van der Waals surface area contributed by atoms with Gasteiger partial charge < -0.3 is 16.8 Å². The summed E-state index contributed by atoms with van der Waals surface area (Å²) in [6, 6.07) is 16.0. The third-order valence-corrected chi connectivity index (χ3v) is 2.70. The summed E-state index contributed by atoms with van der Waals surface area (Å²) in [4.78, 5) is 0. The van der Waals surface area contributed by atoms with E-state index in [1.165, 1.54) is 0 Å². The first-order chi connectivity index (χ1) is 8.29. The van der Waals surface area contributed by atoms with Crippen molar-refractivity contribution in [2.75, 3.05) is 11.1 Å². The van der Waals surface area contributed by atoms with Gasteiger partial charge in [0.25, 0.3) is 0 Å². The van der Waals surface area contributed by atoms with Crippen molar-refractivity contribution in [1.82, 2.24) is 0 Å². The van der Waals surface area contributed by atoms with Crippen LogP contribution < -0.4 is 16.8 Å². The largest absolute Gasteiger partial charge is 0.398 e. The monoisotopic (exact) mass is 227 g/mol. The molecule has 0 bridgehead atoms. The van der Waals surface area contributed by atoms with Crippen molar-refractivity contribution in [2.24, 2.45) is 5.73 Å². The highest BCUT2D eigenvalue weighted by molar-refractivity contribution is 5.51. The molecule has 0 heterocycles. The summed E-state index contributed by atoms with van der Waals surface area (Å²) in [5, 5.41) is 3.34. The van der Waals surface area contributed by atoms with Gasteiger partial charge in [-0.05, 0) is 29.3 Å². The molecule has 2 aromatic rings. The molecule has 3 nitrogen and oxygen atoms in total. The number of nitrogens with one attached hydrogen (secondary N) is 1. The van der Waals surface area contributed by atoms with E-state index in [2.05, 4.69) is 11.4 Å². The Morgan fingerprint density at radius 2 is 1.82 bits per heavy atom. The second-order valence-corrected chi connectivity index (χ2v) is 3.96. The number of hydrogen-bond donors (Lipinski definition) is 3. The summed E-state index contributed by atoms with van der Waals surface area (Å²) in [6.07, 6.45) is 0. The molecule has 0 saturated heterocycles. The lowest BCUT2D eigenvalue weighted by Gasteiger charge is -2.09. The molecule has 0 atom stereocenters. The number of hydrogen-bond acceptors (Lipinski definition) is 3. The molecule has 0 spiro atoms. The predicted molar refractivity (Wildman–Crippen MR) is 72.5 cm³/mol. The third kappa shape index (κ3) is 2.98. The topological polar surface area (TPSA) is 64.1 Å². The lowest BCUT2D eigenvalue weighted by Crippen LogP contribution is -2.03. The van der Waals surface area contributed by atoms with E-state index in [1.807, 2.05) is 42.5 Å². The zero-order valence-electron chi connectivity index (χ0n) is 9.69. The highest BCUT2D eigenvalue weighted by atomic mass is 14.9. The van der Waals surface area contributed by atoms with Gasteiger partial charge >= 0.3 is 0 Å². The number of nitrogen functional groups attached to an aromatic ring is 1. The zero-order chi connectivity index (χ0) is 12.1. The minimum Gasteiger partial charge on any atom is -0.398 e. The molecular weight excluding hydrogens is 210 g/mol. The Morgan fingerprint density at radius 3 is 2.59 bits per heavy atom. The predicted octanol–water partition coefficient (Wildman–Crippen LogP) is 2.34. The van der Waals surface area contributed by atoms with Crippen LogP contribution in [0.5, 0.6) is 0 Å². The van der Waals surface area contributed by atoms with Gasteiger partial charge in [-0.3, -0.25) is 0 Å². The van der Waals surface area contributed by atoms with Crippen molar-refractivity contribution >= 4 is 11.4 Å². The van der Waals surface area contributed by atoms with E-state index in [0.717, 1.165) is 29.0 Å². The van der Waals surface area contributed by atoms with E-state index in [-0.39, 0.29) is 0 Å². The lowest BCUT2D eigenvalue weighted by atomic mass is 10.1. The van der Waals surface area contributed by atoms with Crippen LogP contribution in [0, 0.1) is 0 Å². The maximum Gasteiger partial charge on any atom is 0.0421 e. The fourth-order valence-corrected chi connectivity index (χ4v) is 1.70. The summed E-state index contributed by atoms with van der Waals surface area (Å²) < 4.78 is 0. The number of benzene rings is 2. The van der Waals surface area contributed by atoms with Crippen LogP contribution in [0.2, 0.25) is 0 Å². The quantitative estimate of drug-likeness (QED) is 0.702. The maximum absolute atomic E-state index is 5.88. The molecule has 0 saturated carbocycles. The first-order valence-electron chi connectivity index (χ1n) is 5.66. The fourth-order valence-electron chi connectivity index (χ4n) is 1.70. The minimum atomic E-state index is 0.559. The van der Waals surface area contributed by atoms with Crippen LogP contribution in [0.25, 0.3) is 0 Å². The summed E-state index contributed by atoms with van der Waals surface area (Å²) >= 11 is 0. The van der Waals surface area contributed by atoms with Crippen molar-refractivity contribution in [1.29, 1.82) is 0 Å². The average molecular weight is 227 g/mol.